The molecule has 3 nitrogen and oxygen atoms in total. The Bertz CT molecular complexity index is 2810. The number of fused-ring (bicyclic) bond motifs is 12. The Kier molecular flexibility index (Phi) is 5.00. The minimum absolute atomic E-state index is 0.674. The topological polar surface area (TPSA) is 30.7 Å². The van der Waals surface area contributed by atoms with Gasteiger partial charge in [0.15, 0.2) is 0 Å². The lowest BCUT2D eigenvalue weighted by Gasteiger charge is -2.14. The lowest BCUT2D eigenvalue weighted by atomic mass is 9.93. The summed E-state index contributed by atoms with van der Waals surface area (Å²) in [5.74, 6) is 0.674. The van der Waals surface area contributed by atoms with Crippen LogP contribution >= 0.6 is 0 Å². The maximum Gasteiger partial charge on any atom is 0.235 e. The van der Waals surface area contributed by atoms with Gasteiger partial charge in [-0.3, -0.25) is 4.57 Å². The zero-order valence-corrected chi connectivity index (χ0v) is 24.3. The van der Waals surface area contributed by atoms with Gasteiger partial charge in [0.05, 0.1) is 22.2 Å². The molecule has 2 heterocycles. The molecule has 3 heteroatoms. The van der Waals surface area contributed by atoms with Crippen LogP contribution in [-0.2, 0) is 0 Å². The number of benzene rings is 8. The van der Waals surface area contributed by atoms with Crippen molar-refractivity contribution in [1.82, 2.24) is 14.5 Å². The van der Waals surface area contributed by atoms with Crippen molar-refractivity contribution in [2.45, 2.75) is 0 Å². The summed E-state index contributed by atoms with van der Waals surface area (Å²) in [6, 6.07) is 54.2. The average molecular weight is 572 g/mol. The van der Waals surface area contributed by atoms with Crippen LogP contribution in [0.25, 0.3) is 93.0 Å². The third-order valence-corrected chi connectivity index (χ3v) is 9.36. The average Bonchev–Trinajstić information content (AvgIpc) is 3.44. The summed E-state index contributed by atoms with van der Waals surface area (Å²) >= 11 is 0. The van der Waals surface area contributed by atoms with Gasteiger partial charge in [0.25, 0.3) is 0 Å². The van der Waals surface area contributed by atoms with Gasteiger partial charge in [-0.1, -0.05) is 127 Å². The molecule has 0 saturated heterocycles. The fourth-order valence-corrected chi connectivity index (χ4v) is 7.35. The molecule has 0 bridgehead atoms. The Hall–Kier alpha value is -6.06. The molecule has 2 aromatic heterocycles. The molecular weight excluding hydrogens is 546 g/mol. The summed E-state index contributed by atoms with van der Waals surface area (Å²) in [5.41, 5.74) is 5.16. The smallest absolute Gasteiger partial charge is 0.235 e. The first-order valence-corrected chi connectivity index (χ1v) is 15.4. The van der Waals surface area contributed by atoms with Crippen molar-refractivity contribution in [2.24, 2.45) is 0 Å². The third-order valence-electron chi connectivity index (χ3n) is 9.36. The Balaban J connectivity index is 1.40. The number of hydrogen-bond acceptors (Lipinski definition) is 2. The summed E-state index contributed by atoms with van der Waals surface area (Å²) in [4.78, 5) is 10.7. The molecule has 0 unspecified atom stereocenters. The van der Waals surface area contributed by atoms with E-state index in [1.54, 1.807) is 0 Å². The van der Waals surface area contributed by atoms with Gasteiger partial charge in [0.1, 0.15) is 0 Å². The minimum atomic E-state index is 0.674. The van der Waals surface area contributed by atoms with Gasteiger partial charge < -0.3 is 0 Å². The summed E-state index contributed by atoms with van der Waals surface area (Å²) in [7, 11) is 0. The van der Waals surface area contributed by atoms with Gasteiger partial charge in [-0.25, -0.2) is 9.97 Å². The van der Waals surface area contributed by atoms with Gasteiger partial charge in [-0.2, -0.15) is 0 Å². The Labute approximate surface area is 258 Å². The predicted octanol–water partition coefficient (Wildman–Crippen LogP) is 11.0. The number of aromatic nitrogens is 3. The second-order valence-corrected chi connectivity index (χ2v) is 11.8. The van der Waals surface area contributed by atoms with Crippen LogP contribution in [-0.4, -0.2) is 14.5 Å². The minimum Gasteiger partial charge on any atom is -0.278 e. The molecule has 0 fully saturated rings. The Morgan fingerprint density at radius 1 is 0.356 bits per heavy atom. The molecule has 0 atom stereocenters. The van der Waals surface area contributed by atoms with Gasteiger partial charge in [-0.15, -0.1) is 0 Å². The summed E-state index contributed by atoms with van der Waals surface area (Å²) in [6.45, 7) is 0. The first kappa shape index (κ1) is 24.4. The highest BCUT2D eigenvalue weighted by Crippen LogP contribution is 2.41. The molecule has 0 spiro atoms. The first-order valence-electron chi connectivity index (χ1n) is 15.4. The quantitative estimate of drug-likeness (QED) is 0.193. The maximum atomic E-state index is 5.38. The number of rotatable bonds is 2. The molecule has 0 saturated carbocycles. The fraction of sp³-hybridized carbons (Fsp3) is 0. The van der Waals surface area contributed by atoms with Crippen LogP contribution in [0.15, 0.2) is 152 Å². The van der Waals surface area contributed by atoms with E-state index >= 15 is 0 Å². The van der Waals surface area contributed by atoms with E-state index < -0.39 is 0 Å². The standard InChI is InChI=1S/C42H25N3/c1-2-13-27(14-3-1)40-34-23-22-26-12-4-5-15-28(26)41(34)44-42(43-40)45-38-21-11-10-20-33(38)37-24-35-31-18-8-6-16-29(31)30-17-7-9-19-32(30)36(35)25-39(37)45/h1-25H. The van der Waals surface area contributed by atoms with Crippen molar-refractivity contribution >= 4 is 75.8 Å². The zero-order chi connectivity index (χ0) is 29.5. The van der Waals surface area contributed by atoms with E-state index in [1.165, 1.54) is 48.5 Å². The molecule has 0 amide bonds. The Morgan fingerprint density at radius 3 is 1.67 bits per heavy atom. The molecular formula is C42H25N3. The number of para-hydroxylation sites is 1. The van der Waals surface area contributed by atoms with Crippen LogP contribution in [0.5, 0.6) is 0 Å². The molecule has 0 radical (unpaired) electrons. The van der Waals surface area contributed by atoms with E-state index in [-0.39, 0.29) is 0 Å². The van der Waals surface area contributed by atoms with Crippen molar-refractivity contribution in [3.63, 3.8) is 0 Å². The predicted molar refractivity (Wildman–Crippen MR) is 189 cm³/mol. The van der Waals surface area contributed by atoms with Crippen LogP contribution in [0.4, 0.5) is 0 Å². The van der Waals surface area contributed by atoms with Crippen molar-refractivity contribution in [1.29, 1.82) is 0 Å². The van der Waals surface area contributed by atoms with E-state index in [2.05, 4.69) is 156 Å². The molecule has 0 aliphatic heterocycles. The highest BCUT2D eigenvalue weighted by atomic mass is 15.2. The summed E-state index contributed by atoms with van der Waals surface area (Å²) < 4.78 is 2.27. The lowest BCUT2D eigenvalue weighted by Crippen LogP contribution is -2.04. The molecule has 208 valence electrons. The van der Waals surface area contributed by atoms with E-state index in [4.69, 9.17) is 9.97 Å². The largest absolute Gasteiger partial charge is 0.278 e. The third kappa shape index (κ3) is 3.46. The molecule has 0 aliphatic carbocycles. The highest BCUT2D eigenvalue weighted by molar-refractivity contribution is 6.28. The van der Waals surface area contributed by atoms with Crippen LogP contribution in [0, 0.1) is 0 Å². The Morgan fingerprint density at radius 2 is 0.933 bits per heavy atom. The second-order valence-electron chi connectivity index (χ2n) is 11.8. The van der Waals surface area contributed by atoms with Gasteiger partial charge in [0, 0.05) is 27.1 Å². The van der Waals surface area contributed by atoms with E-state index in [9.17, 15) is 0 Å². The van der Waals surface area contributed by atoms with Crippen LogP contribution in [0.2, 0.25) is 0 Å². The van der Waals surface area contributed by atoms with Gasteiger partial charge in [0.2, 0.25) is 5.95 Å². The number of nitrogens with zero attached hydrogens (tertiary/aromatic N) is 3. The maximum absolute atomic E-state index is 5.38. The van der Waals surface area contributed by atoms with Crippen LogP contribution < -0.4 is 0 Å². The molecule has 45 heavy (non-hydrogen) atoms. The molecule has 10 rings (SSSR count). The summed E-state index contributed by atoms with van der Waals surface area (Å²) in [5, 5.41) is 13.3. The van der Waals surface area contributed by atoms with Gasteiger partial charge >= 0.3 is 0 Å². The summed E-state index contributed by atoms with van der Waals surface area (Å²) in [6.07, 6.45) is 0. The van der Waals surface area contributed by atoms with E-state index in [0.29, 0.717) is 5.95 Å². The highest BCUT2D eigenvalue weighted by Gasteiger charge is 2.20. The van der Waals surface area contributed by atoms with Crippen LogP contribution in [0.1, 0.15) is 0 Å². The lowest BCUT2D eigenvalue weighted by molar-refractivity contribution is 1.02. The van der Waals surface area contributed by atoms with Crippen molar-refractivity contribution in [2.75, 3.05) is 0 Å². The van der Waals surface area contributed by atoms with Gasteiger partial charge in [-0.05, 0) is 62.0 Å². The molecule has 0 N–H and O–H groups in total. The molecule has 0 aliphatic rings. The SMILES string of the molecule is c1ccc(-c2nc(-n3c4ccccc4c4cc5c6ccccc6c6ccccc6c5cc43)nc3c2ccc2ccccc23)cc1. The molecule has 8 aromatic carbocycles. The number of hydrogen-bond donors (Lipinski definition) is 0. The van der Waals surface area contributed by atoms with Crippen molar-refractivity contribution in [3.05, 3.63) is 152 Å². The van der Waals surface area contributed by atoms with Crippen molar-refractivity contribution < 1.29 is 0 Å². The first-order chi connectivity index (χ1) is 22.3. The monoisotopic (exact) mass is 571 g/mol. The van der Waals surface area contributed by atoms with E-state index in [0.717, 1.165) is 38.6 Å². The van der Waals surface area contributed by atoms with E-state index in [1.807, 2.05) is 0 Å². The second kappa shape index (κ2) is 9.22. The van der Waals surface area contributed by atoms with Crippen LogP contribution in [0.3, 0.4) is 0 Å². The molecule has 10 aromatic rings. The zero-order valence-electron chi connectivity index (χ0n) is 24.3. The normalized spacial score (nSPS) is 12.0. The fourth-order valence-electron chi connectivity index (χ4n) is 7.35. The van der Waals surface area contributed by atoms with Crippen molar-refractivity contribution in [3.8, 4) is 17.2 Å².